The van der Waals surface area contributed by atoms with Crippen LogP contribution < -0.4 is 4.74 Å². The number of hydrogen-bond acceptors (Lipinski definition) is 5. The SMILES string of the molecule is CCCCCCCOc1nc2cc([N+](=O)[O-])ccc2nc1Cl. The summed E-state index contributed by atoms with van der Waals surface area (Å²) >= 11 is 6.04. The molecule has 2 rings (SSSR count). The molecule has 0 amide bonds. The van der Waals surface area contributed by atoms with E-state index < -0.39 is 4.92 Å². The van der Waals surface area contributed by atoms with E-state index in [1.807, 2.05) is 0 Å². The largest absolute Gasteiger partial charge is 0.475 e. The van der Waals surface area contributed by atoms with Gasteiger partial charge in [-0.2, -0.15) is 0 Å². The number of halogens is 1. The Morgan fingerprint density at radius 2 is 1.95 bits per heavy atom. The number of nitro groups is 1. The normalized spacial score (nSPS) is 10.8. The Kier molecular flexibility index (Phi) is 5.89. The van der Waals surface area contributed by atoms with Crippen LogP contribution in [0.5, 0.6) is 5.88 Å². The molecule has 0 aliphatic carbocycles. The number of nitro benzene ring substituents is 1. The third-order valence-corrected chi connectivity index (χ3v) is 3.52. The summed E-state index contributed by atoms with van der Waals surface area (Å²) in [4.78, 5) is 18.7. The van der Waals surface area contributed by atoms with Gasteiger partial charge in [0.2, 0.25) is 0 Å². The summed E-state index contributed by atoms with van der Waals surface area (Å²) in [5.74, 6) is 0.227. The van der Waals surface area contributed by atoms with Crippen LogP contribution in [0.3, 0.4) is 0 Å². The minimum atomic E-state index is -0.468. The molecule has 0 N–H and O–H groups in total. The van der Waals surface area contributed by atoms with E-state index in [1.165, 1.54) is 37.5 Å². The van der Waals surface area contributed by atoms with Gasteiger partial charge in [0.1, 0.15) is 0 Å². The van der Waals surface area contributed by atoms with Crippen molar-refractivity contribution in [2.45, 2.75) is 39.0 Å². The average Bonchev–Trinajstić information content (AvgIpc) is 2.50. The first-order chi connectivity index (χ1) is 10.6. The number of aromatic nitrogens is 2. The lowest BCUT2D eigenvalue weighted by Crippen LogP contribution is -2.01. The molecule has 0 spiro atoms. The van der Waals surface area contributed by atoms with E-state index in [2.05, 4.69) is 16.9 Å². The molecule has 0 saturated heterocycles. The standard InChI is InChI=1S/C15H18ClN3O3/c1-2-3-4-5-6-9-22-15-14(16)17-12-8-7-11(19(20)21)10-13(12)18-15/h7-8,10H,2-6,9H2,1H3. The van der Waals surface area contributed by atoms with Gasteiger partial charge in [0.25, 0.3) is 11.6 Å². The van der Waals surface area contributed by atoms with Gasteiger partial charge in [-0.25, -0.2) is 9.97 Å². The van der Waals surface area contributed by atoms with Crippen molar-refractivity contribution in [2.24, 2.45) is 0 Å². The number of unbranched alkanes of at least 4 members (excludes halogenated alkanes) is 4. The zero-order valence-electron chi connectivity index (χ0n) is 12.4. The van der Waals surface area contributed by atoms with Gasteiger partial charge in [0.05, 0.1) is 22.6 Å². The van der Waals surface area contributed by atoms with E-state index in [0.717, 1.165) is 12.8 Å². The lowest BCUT2D eigenvalue weighted by atomic mass is 10.2. The van der Waals surface area contributed by atoms with Crippen LogP contribution in [0.1, 0.15) is 39.0 Å². The van der Waals surface area contributed by atoms with Crippen molar-refractivity contribution in [1.29, 1.82) is 0 Å². The second-order valence-electron chi connectivity index (χ2n) is 5.01. The molecule has 0 radical (unpaired) electrons. The maximum atomic E-state index is 10.8. The summed E-state index contributed by atoms with van der Waals surface area (Å²) in [6, 6.07) is 4.27. The van der Waals surface area contributed by atoms with Crippen LogP contribution in [-0.2, 0) is 0 Å². The van der Waals surface area contributed by atoms with Crippen LogP contribution in [0.15, 0.2) is 18.2 Å². The highest BCUT2D eigenvalue weighted by Gasteiger charge is 2.12. The van der Waals surface area contributed by atoms with Crippen molar-refractivity contribution in [2.75, 3.05) is 6.61 Å². The molecule has 118 valence electrons. The Morgan fingerprint density at radius 3 is 2.68 bits per heavy atom. The number of non-ortho nitro benzene ring substituents is 1. The Balaban J connectivity index is 2.06. The van der Waals surface area contributed by atoms with Gasteiger partial charge in [-0.1, -0.05) is 44.2 Å². The highest BCUT2D eigenvalue weighted by atomic mass is 35.5. The van der Waals surface area contributed by atoms with Crippen molar-refractivity contribution in [3.05, 3.63) is 33.5 Å². The zero-order chi connectivity index (χ0) is 15.9. The molecule has 0 aliphatic heterocycles. The Labute approximate surface area is 133 Å². The molecule has 1 aromatic heterocycles. The summed E-state index contributed by atoms with van der Waals surface area (Å²) in [6.45, 7) is 2.68. The molecule has 0 fully saturated rings. The number of hydrogen-bond donors (Lipinski definition) is 0. The van der Waals surface area contributed by atoms with Crippen LogP contribution in [0, 0.1) is 10.1 Å². The molecule has 0 saturated carbocycles. The number of rotatable bonds is 8. The Hall–Kier alpha value is -1.95. The van der Waals surface area contributed by atoms with Crippen molar-refractivity contribution >= 4 is 28.3 Å². The molecule has 0 atom stereocenters. The summed E-state index contributed by atoms with van der Waals surface area (Å²) in [5, 5.41) is 11.0. The van der Waals surface area contributed by atoms with Crippen LogP contribution >= 0.6 is 11.6 Å². The molecule has 22 heavy (non-hydrogen) atoms. The predicted molar refractivity (Wildman–Crippen MR) is 85.5 cm³/mol. The van der Waals surface area contributed by atoms with Crippen LogP contribution in [-0.4, -0.2) is 21.5 Å². The van der Waals surface area contributed by atoms with Gasteiger partial charge in [-0.15, -0.1) is 0 Å². The second kappa shape index (κ2) is 7.89. The second-order valence-corrected chi connectivity index (χ2v) is 5.37. The third-order valence-electron chi connectivity index (χ3n) is 3.27. The Morgan fingerprint density at radius 1 is 1.18 bits per heavy atom. The summed E-state index contributed by atoms with van der Waals surface area (Å²) in [5.41, 5.74) is 0.875. The highest BCUT2D eigenvalue weighted by molar-refractivity contribution is 6.31. The topological polar surface area (TPSA) is 78.2 Å². The smallest absolute Gasteiger partial charge is 0.271 e. The number of fused-ring (bicyclic) bond motifs is 1. The first-order valence-electron chi connectivity index (χ1n) is 7.36. The molecule has 2 aromatic rings. The minimum Gasteiger partial charge on any atom is -0.475 e. The van der Waals surface area contributed by atoms with Crippen molar-refractivity contribution < 1.29 is 9.66 Å². The van der Waals surface area contributed by atoms with Gasteiger partial charge < -0.3 is 4.74 Å². The maximum absolute atomic E-state index is 10.8. The quantitative estimate of drug-likeness (QED) is 0.405. The van der Waals surface area contributed by atoms with E-state index in [9.17, 15) is 10.1 Å². The fourth-order valence-electron chi connectivity index (χ4n) is 2.08. The summed E-state index contributed by atoms with van der Waals surface area (Å²) < 4.78 is 5.55. The lowest BCUT2D eigenvalue weighted by molar-refractivity contribution is -0.384. The Bertz CT molecular complexity index is 664. The van der Waals surface area contributed by atoms with Gasteiger partial charge in [0.15, 0.2) is 5.15 Å². The number of ether oxygens (including phenoxy) is 1. The predicted octanol–water partition coefficient (Wildman–Crippen LogP) is 4.54. The van der Waals surface area contributed by atoms with E-state index in [0.29, 0.717) is 17.6 Å². The lowest BCUT2D eigenvalue weighted by Gasteiger charge is -2.07. The first kappa shape index (κ1) is 16.4. The van der Waals surface area contributed by atoms with Gasteiger partial charge in [-0.3, -0.25) is 10.1 Å². The number of nitrogens with zero attached hydrogens (tertiary/aromatic N) is 3. The van der Waals surface area contributed by atoms with Crippen LogP contribution in [0.4, 0.5) is 5.69 Å². The summed E-state index contributed by atoms with van der Waals surface area (Å²) in [6.07, 6.45) is 5.62. The van der Waals surface area contributed by atoms with E-state index in [4.69, 9.17) is 16.3 Å². The third kappa shape index (κ3) is 4.27. The van der Waals surface area contributed by atoms with Crippen LogP contribution in [0.25, 0.3) is 11.0 Å². The van der Waals surface area contributed by atoms with Gasteiger partial charge in [-0.05, 0) is 12.5 Å². The van der Waals surface area contributed by atoms with Crippen LogP contribution in [0.2, 0.25) is 5.15 Å². The van der Waals surface area contributed by atoms with E-state index >= 15 is 0 Å². The fraction of sp³-hybridized carbons (Fsp3) is 0.467. The first-order valence-corrected chi connectivity index (χ1v) is 7.74. The molecule has 0 bridgehead atoms. The molecule has 7 heteroatoms. The molecule has 6 nitrogen and oxygen atoms in total. The van der Waals surface area contributed by atoms with Crippen molar-refractivity contribution in [3.63, 3.8) is 0 Å². The van der Waals surface area contributed by atoms with E-state index in [1.54, 1.807) is 0 Å². The molecular weight excluding hydrogens is 306 g/mol. The van der Waals surface area contributed by atoms with Gasteiger partial charge >= 0.3 is 0 Å². The van der Waals surface area contributed by atoms with Gasteiger partial charge in [0, 0.05) is 12.1 Å². The molecule has 1 heterocycles. The van der Waals surface area contributed by atoms with Crippen molar-refractivity contribution in [1.82, 2.24) is 9.97 Å². The zero-order valence-corrected chi connectivity index (χ0v) is 13.2. The molecule has 0 unspecified atom stereocenters. The summed E-state index contributed by atoms with van der Waals surface area (Å²) in [7, 11) is 0. The highest BCUT2D eigenvalue weighted by Crippen LogP contribution is 2.25. The average molecular weight is 324 g/mol. The minimum absolute atomic E-state index is 0.0327. The molecular formula is C15H18ClN3O3. The number of benzene rings is 1. The molecule has 1 aromatic carbocycles. The fourth-order valence-corrected chi connectivity index (χ4v) is 2.27. The van der Waals surface area contributed by atoms with E-state index in [-0.39, 0.29) is 16.7 Å². The maximum Gasteiger partial charge on any atom is 0.271 e. The van der Waals surface area contributed by atoms with Crippen molar-refractivity contribution in [3.8, 4) is 5.88 Å². The molecule has 0 aliphatic rings. The monoisotopic (exact) mass is 323 g/mol.